The van der Waals surface area contributed by atoms with Gasteiger partial charge in [0.15, 0.2) is 0 Å². The van der Waals surface area contributed by atoms with Crippen LogP contribution in [0.15, 0.2) is 48.5 Å². The largest absolute Gasteiger partial charge is 0.366 e. The van der Waals surface area contributed by atoms with Gasteiger partial charge in [-0.1, -0.05) is 49.9 Å². The van der Waals surface area contributed by atoms with Gasteiger partial charge in [-0.3, -0.25) is 4.90 Å². The van der Waals surface area contributed by atoms with Gasteiger partial charge in [0.05, 0.1) is 18.0 Å². The molecule has 1 N–H and O–H groups in total. The van der Waals surface area contributed by atoms with Crippen LogP contribution in [0.1, 0.15) is 56.9 Å². The molecule has 0 bridgehead atoms. The highest BCUT2D eigenvalue weighted by Crippen LogP contribution is 2.44. The molecule has 2 aliphatic heterocycles. The first kappa shape index (κ1) is 18.9. The Balaban J connectivity index is 1.35. The van der Waals surface area contributed by atoms with Crippen LogP contribution >= 0.6 is 0 Å². The minimum absolute atomic E-state index is 0.0936. The zero-order valence-corrected chi connectivity index (χ0v) is 17.2. The molecule has 1 saturated carbocycles. The Morgan fingerprint density at radius 3 is 2.28 bits per heavy atom. The fourth-order valence-electron chi connectivity index (χ4n) is 5.92. The van der Waals surface area contributed by atoms with Crippen molar-refractivity contribution in [2.75, 3.05) is 30.0 Å². The zero-order chi connectivity index (χ0) is 19.7. The van der Waals surface area contributed by atoms with Gasteiger partial charge in [-0.2, -0.15) is 0 Å². The normalized spacial score (nSPS) is 22.7. The number of benzene rings is 2. The number of nitrogens with zero attached hydrogens (tertiary/aromatic N) is 2. The van der Waals surface area contributed by atoms with E-state index in [-0.39, 0.29) is 11.4 Å². The second-order valence-corrected chi connectivity index (χ2v) is 8.99. The molecule has 3 aliphatic rings. The molecule has 5 rings (SSSR count). The third-order valence-corrected chi connectivity index (χ3v) is 7.48. The molecule has 4 heteroatoms. The van der Waals surface area contributed by atoms with Crippen molar-refractivity contribution >= 4 is 11.4 Å². The van der Waals surface area contributed by atoms with E-state index in [4.69, 9.17) is 0 Å². The van der Waals surface area contributed by atoms with Crippen molar-refractivity contribution in [3.05, 3.63) is 59.9 Å². The summed E-state index contributed by atoms with van der Waals surface area (Å²) >= 11 is 0. The van der Waals surface area contributed by atoms with Gasteiger partial charge in [-0.05, 0) is 55.5 Å². The monoisotopic (exact) mass is 393 g/mol. The molecule has 2 fully saturated rings. The van der Waals surface area contributed by atoms with Gasteiger partial charge in [0.1, 0.15) is 5.82 Å². The molecule has 0 amide bonds. The van der Waals surface area contributed by atoms with E-state index in [1.54, 1.807) is 12.1 Å². The summed E-state index contributed by atoms with van der Waals surface area (Å²) in [6.45, 7) is 3.18. The van der Waals surface area contributed by atoms with E-state index in [1.165, 1.54) is 68.3 Å². The second kappa shape index (κ2) is 7.98. The number of para-hydroxylation sites is 2. The van der Waals surface area contributed by atoms with Crippen molar-refractivity contribution in [2.24, 2.45) is 0 Å². The van der Waals surface area contributed by atoms with Crippen LogP contribution in [0.2, 0.25) is 0 Å². The molecule has 29 heavy (non-hydrogen) atoms. The van der Waals surface area contributed by atoms with Crippen LogP contribution < -0.4 is 10.2 Å². The lowest BCUT2D eigenvalue weighted by Crippen LogP contribution is -2.53. The SMILES string of the molecule is Fc1ccc(C2(N3CCC(N4CNc5ccccc54)CC3)CCCCCC2)cc1. The van der Waals surface area contributed by atoms with E-state index in [2.05, 4.69) is 39.4 Å². The number of rotatable bonds is 3. The van der Waals surface area contributed by atoms with Crippen molar-refractivity contribution in [1.82, 2.24) is 4.90 Å². The molecule has 0 radical (unpaired) electrons. The summed E-state index contributed by atoms with van der Waals surface area (Å²) in [5.41, 5.74) is 4.04. The number of nitrogens with one attached hydrogen (secondary N) is 1. The molecule has 0 unspecified atom stereocenters. The standard InChI is InChI=1S/C25H32FN3/c26-21-11-9-20(10-12-21)25(15-5-1-2-6-16-25)28-17-13-22(14-18-28)29-19-27-23-7-3-4-8-24(23)29/h3-4,7-12,22,27H,1-2,5-6,13-19H2. The van der Waals surface area contributed by atoms with E-state index in [1.807, 2.05) is 12.1 Å². The average molecular weight is 394 g/mol. The van der Waals surface area contributed by atoms with Gasteiger partial charge in [0.2, 0.25) is 0 Å². The number of hydrogen-bond donors (Lipinski definition) is 1. The van der Waals surface area contributed by atoms with Crippen molar-refractivity contribution in [3.63, 3.8) is 0 Å². The zero-order valence-electron chi connectivity index (χ0n) is 17.2. The fraction of sp³-hybridized carbons (Fsp3) is 0.520. The first-order valence-corrected chi connectivity index (χ1v) is 11.4. The van der Waals surface area contributed by atoms with Crippen LogP contribution in [0, 0.1) is 5.82 Å². The van der Waals surface area contributed by atoms with Crippen molar-refractivity contribution < 1.29 is 4.39 Å². The Morgan fingerprint density at radius 1 is 0.862 bits per heavy atom. The molecule has 154 valence electrons. The van der Waals surface area contributed by atoms with E-state index >= 15 is 0 Å². The molecule has 0 atom stereocenters. The highest BCUT2D eigenvalue weighted by molar-refractivity contribution is 5.74. The number of anilines is 2. The van der Waals surface area contributed by atoms with Crippen LogP contribution in [0.3, 0.4) is 0 Å². The van der Waals surface area contributed by atoms with Crippen molar-refractivity contribution in [3.8, 4) is 0 Å². The Kier molecular flexibility index (Phi) is 5.21. The number of piperidine rings is 1. The van der Waals surface area contributed by atoms with Crippen LogP contribution in [0.4, 0.5) is 15.8 Å². The fourth-order valence-corrected chi connectivity index (χ4v) is 5.92. The molecule has 0 aromatic heterocycles. The predicted octanol–water partition coefficient (Wildman–Crippen LogP) is 5.73. The van der Waals surface area contributed by atoms with E-state index in [9.17, 15) is 4.39 Å². The topological polar surface area (TPSA) is 18.5 Å². The summed E-state index contributed by atoms with van der Waals surface area (Å²) in [6.07, 6.45) is 10.0. The van der Waals surface area contributed by atoms with Gasteiger partial charge in [-0.15, -0.1) is 0 Å². The minimum Gasteiger partial charge on any atom is -0.366 e. The highest BCUT2D eigenvalue weighted by Gasteiger charge is 2.41. The number of likely N-dealkylation sites (tertiary alicyclic amines) is 1. The Bertz CT molecular complexity index is 818. The number of hydrogen-bond acceptors (Lipinski definition) is 3. The van der Waals surface area contributed by atoms with Crippen LogP contribution in [-0.2, 0) is 5.54 Å². The maximum Gasteiger partial charge on any atom is 0.123 e. The maximum absolute atomic E-state index is 13.6. The molecule has 2 heterocycles. The smallest absolute Gasteiger partial charge is 0.123 e. The summed E-state index contributed by atoms with van der Waals surface area (Å²) < 4.78 is 13.6. The first-order valence-electron chi connectivity index (χ1n) is 11.4. The van der Waals surface area contributed by atoms with E-state index in [0.717, 1.165) is 19.8 Å². The Hall–Kier alpha value is -2.07. The van der Waals surface area contributed by atoms with Gasteiger partial charge < -0.3 is 10.2 Å². The first-order chi connectivity index (χ1) is 14.3. The third-order valence-electron chi connectivity index (χ3n) is 7.48. The molecule has 1 aliphatic carbocycles. The number of fused-ring (bicyclic) bond motifs is 1. The van der Waals surface area contributed by atoms with Crippen LogP contribution in [0.25, 0.3) is 0 Å². The maximum atomic E-state index is 13.6. The molecule has 0 spiro atoms. The predicted molar refractivity (Wildman–Crippen MR) is 118 cm³/mol. The van der Waals surface area contributed by atoms with Gasteiger partial charge in [0.25, 0.3) is 0 Å². The molecule has 3 nitrogen and oxygen atoms in total. The lowest BCUT2D eigenvalue weighted by atomic mass is 9.79. The summed E-state index contributed by atoms with van der Waals surface area (Å²) in [7, 11) is 0. The van der Waals surface area contributed by atoms with Crippen molar-refractivity contribution in [2.45, 2.75) is 62.9 Å². The van der Waals surface area contributed by atoms with Crippen molar-refractivity contribution in [1.29, 1.82) is 0 Å². The second-order valence-electron chi connectivity index (χ2n) is 8.99. The quantitative estimate of drug-likeness (QED) is 0.672. The average Bonchev–Trinajstić information content (AvgIpc) is 3.04. The van der Waals surface area contributed by atoms with E-state index < -0.39 is 0 Å². The minimum atomic E-state index is -0.128. The lowest BCUT2D eigenvalue weighted by molar-refractivity contribution is 0.0433. The van der Waals surface area contributed by atoms with Gasteiger partial charge >= 0.3 is 0 Å². The molecular weight excluding hydrogens is 361 g/mol. The Labute approximate surface area is 173 Å². The summed E-state index contributed by atoms with van der Waals surface area (Å²) in [5, 5.41) is 3.55. The van der Waals surface area contributed by atoms with Gasteiger partial charge in [-0.25, -0.2) is 4.39 Å². The molecule has 1 saturated heterocycles. The van der Waals surface area contributed by atoms with E-state index in [0.29, 0.717) is 6.04 Å². The highest BCUT2D eigenvalue weighted by atomic mass is 19.1. The Morgan fingerprint density at radius 2 is 1.55 bits per heavy atom. The molecular formula is C25H32FN3. The van der Waals surface area contributed by atoms with Crippen LogP contribution in [0.5, 0.6) is 0 Å². The lowest BCUT2D eigenvalue weighted by Gasteiger charge is -2.49. The molecule has 2 aromatic rings. The summed E-state index contributed by atoms with van der Waals surface area (Å²) in [6, 6.07) is 16.7. The number of halogens is 1. The van der Waals surface area contributed by atoms with Crippen LogP contribution in [-0.4, -0.2) is 30.7 Å². The summed E-state index contributed by atoms with van der Waals surface area (Å²) in [5.74, 6) is -0.128. The molecule has 2 aromatic carbocycles. The van der Waals surface area contributed by atoms with Gasteiger partial charge in [0, 0.05) is 24.7 Å². The summed E-state index contributed by atoms with van der Waals surface area (Å²) in [4.78, 5) is 5.31. The third kappa shape index (κ3) is 3.52.